The SMILES string of the molecule is O=C1C=CC(=O)C(SC(=O)c2ccc(C(F)(F)F)cc2)=C1. The van der Waals surface area contributed by atoms with Crippen LogP contribution >= 0.6 is 11.8 Å². The Kier molecular flexibility index (Phi) is 4.13. The van der Waals surface area contributed by atoms with Crippen LogP contribution in [0.4, 0.5) is 13.2 Å². The van der Waals surface area contributed by atoms with E-state index in [1.165, 1.54) is 0 Å². The molecule has 1 aromatic carbocycles. The van der Waals surface area contributed by atoms with Crippen LogP contribution in [0.3, 0.4) is 0 Å². The third kappa shape index (κ3) is 3.69. The lowest BCUT2D eigenvalue weighted by molar-refractivity contribution is -0.137. The van der Waals surface area contributed by atoms with Gasteiger partial charge in [0.05, 0.1) is 10.5 Å². The number of ketones is 2. The first-order valence-electron chi connectivity index (χ1n) is 5.65. The Morgan fingerprint density at radius 1 is 1.00 bits per heavy atom. The third-order valence-corrected chi connectivity index (χ3v) is 3.53. The van der Waals surface area contributed by atoms with Gasteiger partial charge in [0.25, 0.3) is 0 Å². The highest BCUT2D eigenvalue weighted by Gasteiger charge is 2.30. The molecule has 0 bridgehead atoms. The van der Waals surface area contributed by atoms with Crippen molar-refractivity contribution in [2.45, 2.75) is 6.18 Å². The van der Waals surface area contributed by atoms with Crippen LogP contribution in [0.2, 0.25) is 0 Å². The van der Waals surface area contributed by atoms with Crippen molar-refractivity contribution in [3.63, 3.8) is 0 Å². The van der Waals surface area contributed by atoms with E-state index in [-0.39, 0.29) is 10.5 Å². The van der Waals surface area contributed by atoms with E-state index in [0.717, 1.165) is 42.5 Å². The van der Waals surface area contributed by atoms with Gasteiger partial charge in [-0.2, -0.15) is 13.2 Å². The second-order valence-electron chi connectivity index (χ2n) is 4.07. The van der Waals surface area contributed by atoms with Gasteiger partial charge < -0.3 is 0 Å². The fourth-order valence-corrected chi connectivity index (χ4v) is 2.32. The Balaban J connectivity index is 2.14. The fraction of sp³-hybridized carbons (Fsp3) is 0.0714. The van der Waals surface area contributed by atoms with Crippen molar-refractivity contribution in [3.8, 4) is 0 Å². The van der Waals surface area contributed by atoms with Gasteiger partial charge in [-0.15, -0.1) is 0 Å². The number of allylic oxidation sites excluding steroid dienone is 4. The summed E-state index contributed by atoms with van der Waals surface area (Å²) in [5.74, 6) is -0.905. The summed E-state index contributed by atoms with van der Waals surface area (Å²) in [7, 11) is 0. The van der Waals surface area contributed by atoms with Crippen molar-refractivity contribution < 1.29 is 27.6 Å². The molecular weight excluding hydrogens is 305 g/mol. The number of rotatable bonds is 2. The first-order valence-corrected chi connectivity index (χ1v) is 6.46. The molecule has 2 rings (SSSR count). The van der Waals surface area contributed by atoms with E-state index in [1.807, 2.05) is 0 Å². The number of benzene rings is 1. The van der Waals surface area contributed by atoms with E-state index in [4.69, 9.17) is 0 Å². The number of hydrogen-bond donors (Lipinski definition) is 0. The van der Waals surface area contributed by atoms with Gasteiger partial charge in [0, 0.05) is 11.6 Å². The maximum absolute atomic E-state index is 12.4. The monoisotopic (exact) mass is 312 g/mol. The number of halogens is 3. The first kappa shape index (κ1) is 15.2. The largest absolute Gasteiger partial charge is 0.416 e. The minimum absolute atomic E-state index is 0.0173. The Labute approximate surface area is 121 Å². The Morgan fingerprint density at radius 3 is 2.19 bits per heavy atom. The highest BCUT2D eigenvalue weighted by Crippen LogP contribution is 2.30. The fourth-order valence-electron chi connectivity index (χ4n) is 1.52. The number of carbonyl (C=O) groups excluding carboxylic acids is 3. The number of carbonyl (C=O) groups is 3. The van der Waals surface area contributed by atoms with Crippen molar-refractivity contribution in [3.05, 3.63) is 58.5 Å². The van der Waals surface area contributed by atoms with Gasteiger partial charge >= 0.3 is 6.18 Å². The van der Waals surface area contributed by atoms with Gasteiger partial charge in [0.15, 0.2) is 11.6 Å². The summed E-state index contributed by atoms with van der Waals surface area (Å²) in [6, 6.07) is 3.64. The predicted molar refractivity (Wildman–Crippen MR) is 70.6 cm³/mol. The minimum Gasteiger partial charge on any atom is -0.290 e. The van der Waals surface area contributed by atoms with Crippen LogP contribution in [0.5, 0.6) is 0 Å². The van der Waals surface area contributed by atoms with Crippen molar-refractivity contribution in [2.24, 2.45) is 0 Å². The van der Waals surface area contributed by atoms with Crippen LogP contribution in [0.15, 0.2) is 47.4 Å². The summed E-state index contributed by atoms with van der Waals surface area (Å²) >= 11 is 0.518. The molecule has 0 aliphatic heterocycles. The topological polar surface area (TPSA) is 51.2 Å². The van der Waals surface area contributed by atoms with Crippen LogP contribution in [0.1, 0.15) is 15.9 Å². The zero-order valence-corrected chi connectivity index (χ0v) is 11.1. The number of hydrogen-bond acceptors (Lipinski definition) is 4. The molecular formula is C14H7F3O3S. The lowest BCUT2D eigenvalue weighted by atomic mass is 10.1. The summed E-state index contributed by atoms with van der Waals surface area (Å²) in [6.07, 6.45) is -1.33. The van der Waals surface area contributed by atoms with E-state index >= 15 is 0 Å². The zero-order chi connectivity index (χ0) is 15.6. The van der Waals surface area contributed by atoms with Gasteiger partial charge in [-0.05, 0) is 48.2 Å². The second-order valence-corrected chi connectivity index (χ2v) is 5.09. The standard InChI is InChI=1S/C14H7F3O3S/c15-14(16,17)9-3-1-8(2-4-9)13(20)21-12-7-10(18)5-6-11(12)19/h1-7H. The molecule has 0 saturated carbocycles. The molecule has 0 heterocycles. The van der Waals surface area contributed by atoms with Gasteiger partial charge in [-0.25, -0.2) is 0 Å². The van der Waals surface area contributed by atoms with E-state index in [1.54, 1.807) is 0 Å². The molecule has 3 nitrogen and oxygen atoms in total. The van der Waals surface area contributed by atoms with Crippen LogP contribution in [-0.2, 0) is 15.8 Å². The van der Waals surface area contributed by atoms with E-state index < -0.39 is 28.4 Å². The Hall–Kier alpha value is -2.15. The highest BCUT2D eigenvalue weighted by atomic mass is 32.2. The predicted octanol–water partition coefficient (Wildman–Crippen LogP) is 3.17. The van der Waals surface area contributed by atoms with Crippen molar-refractivity contribution in [1.29, 1.82) is 0 Å². The molecule has 21 heavy (non-hydrogen) atoms. The molecule has 0 aromatic heterocycles. The zero-order valence-electron chi connectivity index (χ0n) is 10.3. The Morgan fingerprint density at radius 2 is 1.62 bits per heavy atom. The van der Waals surface area contributed by atoms with Gasteiger partial charge in [0.2, 0.25) is 5.12 Å². The molecule has 0 amide bonds. The maximum Gasteiger partial charge on any atom is 0.416 e. The maximum atomic E-state index is 12.4. The van der Waals surface area contributed by atoms with E-state index in [2.05, 4.69) is 0 Å². The molecule has 7 heteroatoms. The van der Waals surface area contributed by atoms with E-state index in [0.29, 0.717) is 11.8 Å². The normalized spacial score (nSPS) is 15.1. The van der Waals surface area contributed by atoms with Crippen LogP contribution in [-0.4, -0.2) is 16.7 Å². The average molecular weight is 312 g/mol. The van der Waals surface area contributed by atoms with Gasteiger partial charge in [-0.3, -0.25) is 14.4 Å². The molecule has 0 spiro atoms. The van der Waals surface area contributed by atoms with Crippen LogP contribution in [0, 0.1) is 0 Å². The lowest BCUT2D eigenvalue weighted by Crippen LogP contribution is -2.08. The van der Waals surface area contributed by atoms with Crippen molar-refractivity contribution in [1.82, 2.24) is 0 Å². The van der Waals surface area contributed by atoms with Gasteiger partial charge in [-0.1, -0.05) is 0 Å². The molecule has 0 atom stereocenters. The molecule has 1 aliphatic rings. The molecule has 1 aliphatic carbocycles. The summed E-state index contributed by atoms with van der Waals surface area (Å²) in [6.45, 7) is 0. The molecule has 0 fully saturated rings. The summed E-state index contributed by atoms with van der Waals surface area (Å²) < 4.78 is 37.2. The van der Waals surface area contributed by atoms with Crippen LogP contribution < -0.4 is 0 Å². The highest BCUT2D eigenvalue weighted by molar-refractivity contribution is 8.18. The quantitative estimate of drug-likeness (QED) is 0.787. The Bertz CT molecular complexity index is 670. The molecule has 0 N–H and O–H groups in total. The first-order chi connectivity index (χ1) is 9.77. The molecule has 0 radical (unpaired) electrons. The van der Waals surface area contributed by atoms with E-state index in [9.17, 15) is 27.6 Å². The minimum atomic E-state index is -4.48. The smallest absolute Gasteiger partial charge is 0.290 e. The second kappa shape index (κ2) is 5.69. The molecule has 0 unspecified atom stereocenters. The summed E-state index contributed by atoms with van der Waals surface area (Å²) in [5.41, 5.74) is -0.848. The summed E-state index contributed by atoms with van der Waals surface area (Å²) in [4.78, 5) is 34.4. The molecule has 0 saturated heterocycles. The van der Waals surface area contributed by atoms with Crippen molar-refractivity contribution in [2.75, 3.05) is 0 Å². The van der Waals surface area contributed by atoms with Gasteiger partial charge in [0.1, 0.15) is 0 Å². The number of thioether (sulfide) groups is 1. The summed E-state index contributed by atoms with van der Waals surface area (Å²) in [5, 5.41) is -0.605. The molecule has 1 aromatic rings. The lowest BCUT2D eigenvalue weighted by Gasteiger charge is -2.08. The number of alkyl halides is 3. The van der Waals surface area contributed by atoms with Crippen molar-refractivity contribution >= 4 is 28.4 Å². The third-order valence-electron chi connectivity index (χ3n) is 2.57. The average Bonchev–Trinajstić information content (AvgIpc) is 2.42. The van der Waals surface area contributed by atoms with Crippen LogP contribution in [0.25, 0.3) is 0 Å². The molecule has 108 valence electrons.